The van der Waals surface area contributed by atoms with Gasteiger partial charge in [0.05, 0.1) is 10.7 Å². The van der Waals surface area contributed by atoms with Crippen LogP contribution in [0.4, 0.5) is 0 Å². The molecule has 0 saturated carbocycles. The van der Waals surface area contributed by atoms with Gasteiger partial charge in [-0.25, -0.2) is 0 Å². The van der Waals surface area contributed by atoms with Crippen LogP contribution >= 0.6 is 34.7 Å². The maximum Gasteiger partial charge on any atom is 0.0858 e. The highest BCUT2D eigenvalue weighted by Crippen LogP contribution is 2.30. The third kappa shape index (κ3) is 2.32. The maximum atomic E-state index is 6.07. The fourth-order valence-corrected chi connectivity index (χ4v) is 2.34. The molecule has 0 aliphatic rings. The van der Waals surface area contributed by atoms with Gasteiger partial charge >= 0.3 is 0 Å². The monoisotopic (exact) mass is 258 g/mol. The van der Waals surface area contributed by atoms with Crippen LogP contribution in [0.5, 0.6) is 0 Å². The standard InChI is InChI=1S/C10H8Cl2N2S/c11-6-1-2-8(9(12)3-6)10-4-7(5-13)15-14-10/h1-4H,5,13H2. The van der Waals surface area contributed by atoms with Crippen LogP contribution in [-0.4, -0.2) is 4.37 Å². The minimum absolute atomic E-state index is 0.503. The second-order valence-electron chi connectivity index (χ2n) is 3.01. The fraction of sp³-hybridized carbons (Fsp3) is 0.100. The number of hydrogen-bond acceptors (Lipinski definition) is 3. The van der Waals surface area contributed by atoms with E-state index in [1.807, 2.05) is 12.1 Å². The first kappa shape index (κ1) is 10.9. The summed E-state index contributed by atoms with van der Waals surface area (Å²) in [5, 5.41) is 1.23. The molecule has 0 aliphatic heterocycles. The summed E-state index contributed by atoms with van der Waals surface area (Å²) in [6.07, 6.45) is 0. The van der Waals surface area contributed by atoms with Crippen molar-refractivity contribution in [2.24, 2.45) is 5.73 Å². The molecule has 5 heteroatoms. The van der Waals surface area contributed by atoms with E-state index in [0.29, 0.717) is 16.6 Å². The molecule has 2 rings (SSSR count). The molecule has 0 radical (unpaired) electrons. The third-order valence-corrected chi connectivity index (χ3v) is 3.32. The quantitative estimate of drug-likeness (QED) is 0.895. The number of halogens is 2. The van der Waals surface area contributed by atoms with Crippen molar-refractivity contribution in [3.8, 4) is 11.3 Å². The third-order valence-electron chi connectivity index (χ3n) is 1.97. The van der Waals surface area contributed by atoms with Crippen molar-refractivity contribution >= 4 is 34.7 Å². The van der Waals surface area contributed by atoms with Crippen LogP contribution < -0.4 is 5.73 Å². The summed E-state index contributed by atoms with van der Waals surface area (Å²) < 4.78 is 4.28. The molecule has 0 bridgehead atoms. The van der Waals surface area contributed by atoms with Crippen LogP contribution in [0.25, 0.3) is 11.3 Å². The normalized spacial score (nSPS) is 10.6. The maximum absolute atomic E-state index is 6.07. The molecule has 15 heavy (non-hydrogen) atoms. The minimum atomic E-state index is 0.503. The van der Waals surface area contributed by atoms with E-state index in [1.54, 1.807) is 12.1 Å². The van der Waals surface area contributed by atoms with E-state index in [0.717, 1.165) is 16.1 Å². The number of nitrogens with zero attached hydrogens (tertiary/aromatic N) is 1. The zero-order valence-corrected chi connectivity index (χ0v) is 10.0. The zero-order chi connectivity index (χ0) is 10.8. The topological polar surface area (TPSA) is 38.9 Å². The van der Waals surface area contributed by atoms with Gasteiger partial charge in [-0.05, 0) is 35.8 Å². The van der Waals surface area contributed by atoms with Crippen LogP contribution in [0.3, 0.4) is 0 Å². The van der Waals surface area contributed by atoms with Crippen molar-refractivity contribution in [1.82, 2.24) is 4.37 Å². The van der Waals surface area contributed by atoms with E-state index >= 15 is 0 Å². The molecule has 0 amide bonds. The van der Waals surface area contributed by atoms with Gasteiger partial charge in [0, 0.05) is 22.0 Å². The molecule has 1 aromatic carbocycles. The fourth-order valence-electron chi connectivity index (χ4n) is 1.23. The first-order valence-electron chi connectivity index (χ1n) is 4.32. The van der Waals surface area contributed by atoms with Crippen LogP contribution in [0.2, 0.25) is 10.0 Å². The van der Waals surface area contributed by atoms with Crippen molar-refractivity contribution in [2.45, 2.75) is 6.54 Å². The van der Waals surface area contributed by atoms with Crippen LogP contribution in [0, 0.1) is 0 Å². The Morgan fingerprint density at radius 3 is 2.67 bits per heavy atom. The molecule has 0 spiro atoms. The molecule has 0 aliphatic carbocycles. The van der Waals surface area contributed by atoms with E-state index in [-0.39, 0.29) is 0 Å². The molecule has 0 unspecified atom stereocenters. The van der Waals surface area contributed by atoms with Crippen LogP contribution in [-0.2, 0) is 6.54 Å². The Kier molecular flexibility index (Phi) is 3.26. The Morgan fingerprint density at radius 1 is 1.27 bits per heavy atom. The van der Waals surface area contributed by atoms with Crippen molar-refractivity contribution in [2.75, 3.05) is 0 Å². The number of hydrogen-bond donors (Lipinski definition) is 1. The Hall–Kier alpha value is -0.610. The highest BCUT2D eigenvalue weighted by atomic mass is 35.5. The van der Waals surface area contributed by atoms with E-state index in [9.17, 15) is 0 Å². The SMILES string of the molecule is NCc1cc(-c2ccc(Cl)cc2Cl)ns1. The summed E-state index contributed by atoms with van der Waals surface area (Å²) in [6.45, 7) is 0.503. The summed E-state index contributed by atoms with van der Waals surface area (Å²) in [5.41, 5.74) is 7.26. The van der Waals surface area contributed by atoms with Gasteiger partial charge in [0.1, 0.15) is 0 Å². The molecule has 0 saturated heterocycles. The van der Waals surface area contributed by atoms with E-state index in [2.05, 4.69) is 4.37 Å². The van der Waals surface area contributed by atoms with Gasteiger partial charge in [-0.2, -0.15) is 4.37 Å². The molecule has 2 N–H and O–H groups in total. The molecule has 0 atom stereocenters. The summed E-state index contributed by atoms with van der Waals surface area (Å²) in [4.78, 5) is 1.04. The van der Waals surface area contributed by atoms with E-state index in [4.69, 9.17) is 28.9 Å². The minimum Gasteiger partial charge on any atom is -0.326 e. The molecule has 2 aromatic rings. The largest absolute Gasteiger partial charge is 0.326 e. The molecule has 1 aromatic heterocycles. The van der Waals surface area contributed by atoms with Crippen molar-refractivity contribution in [3.05, 3.63) is 39.2 Å². The highest BCUT2D eigenvalue weighted by molar-refractivity contribution is 7.06. The van der Waals surface area contributed by atoms with Gasteiger partial charge < -0.3 is 5.73 Å². The van der Waals surface area contributed by atoms with Gasteiger partial charge in [-0.15, -0.1) is 0 Å². The van der Waals surface area contributed by atoms with Gasteiger partial charge in [-0.3, -0.25) is 0 Å². The first-order valence-corrected chi connectivity index (χ1v) is 5.84. The lowest BCUT2D eigenvalue weighted by Gasteiger charge is -2.00. The second kappa shape index (κ2) is 4.49. The molecule has 78 valence electrons. The summed E-state index contributed by atoms with van der Waals surface area (Å²) in [7, 11) is 0. The number of benzene rings is 1. The molecular weight excluding hydrogens is 251 g/mol. The Balaban J connectivity index is 2.44. The van der Waals surface area contributed by atoms with E-state index in [1.165, 1.54) is 11.5 Å². The summed E-state index contributed by atoms with van der Waals surface area (Å²) in [5.74, 6) is 0. The average Bonchev–Trinajstić information content (AvgIpc) is 2.66. The molecular formula is C10H8Cl2N2S. The van der Waals surface area contributed by atoms with Crippen molar-refractivity contribution in [3.63, 3.8) is 0 Å². The Labute approximate surface area is 102 Å². The van der Waals surface area contributed by atoms with Gasteiger partial charge in [0.15, 0.2) is 0 Å². The van der Waals surface area contributed by atoms with Gasteiger partial charge in [0.25, 0.3) is 0 Å². The van der Waals surface area contributed by atoms with Crippen LogP contribution in [0.15, 0.2) is 24.3 Å². The molecule has 2 nitrogen and oxygen atoms in total. The average molecular weight is 259 g/mol. The van der Waals surface area contributed by atoms with Gasteiger partial charge in [-0.1, -0.05) is 23.2 Å². The number of aromatic nitrogens is 1. The predicted molar refractivity (Wildman–Crippen MR) is 65.5 cm³/mol. The zero-order valence-electron chi connectivity index (χ0n) is 7.71. The Morgan fingerprint density at radius 2 is 2.07 bits per heavy atom. The number of rotatable bonds is 2. The molecule has 1 heterocycles. The smallest absolute Gasteiger partial charge is 0.0858 e. The van der Waals surface area contributed by atoms with E-state index < -0.39 is 0 Å². The second-order valence-corrected chi connectivity index (χ2v) is 4.74. The summed E-state index contributed by atoms with van der Waals surface area (Å²) in [6, 6.07) is 7.31. The highest BCUT2D eigenvalue weighted by Gasteiger charge is 2.07. The van der Waals surface area contributed by atoms with Crippen molar-refractivity contribution in [1.29, 1.82) is 0 Å². The predicted octanol–water partition coefficient (Wildman–Crippen LogP) is 3.58. The molecule has 0 fully saturated rings. The summed E-state index contributed by atoms with van der Waals surface area (Å²) >= 11 is 13.3. The lowest BCUT2D eigenvalue weighted by atomic mass is 10.1. The Bertz CT molecular complexity index is 482. The first-order chi connectivity index (χ1) is 7.20. The van der Waals surface area contributed by atoms with Crippen LogP contribution in [0.1, 0.15) is 4.88 Å². The van der Waals surface area contributed by atoms with Crippen molar-refractivity contribution < 1.29 is 0 Å². The lowest BCUT2D eigenvalue weighted by Crippen LogP contribution is -1.91. The number of nitrogens with two attached hydrogens (primary N) is 1. The lowest BCUT2D eigenvalue weighted by molar-refractivity contribution is 1.11. The van der Waals surface area contributed by atoms with Gasteiger partial charge in [0.2, 0.25) is 0 Å².